The first kappa shape index (κ1) is 15.5. The first-order chi connectivity index (χ1) is 10.0. The van der Waals surface area contributed by atoms with Crippen LogP contribution in [0.3, 0.4) is 0 Å². The molecule has 0 heterocycles. The first-order valence-electron chi connectivity index (χ1n) is 5.91. The number of hydrogen-bond acceptors (Lipinski definition) is 3. The Morgan fingerprint density at radius 1 is 1.24 bits per heavy atom. The zero-order valence-electron chi connectivity index (χ0n) is 10.7. The molecule has 2 aromatic rings. The van der Waals surface area contributed by atoms with Crippen molar-refractivity contribution in [1.29, 1.82) is 0 Å². The van der Waals surface area contributed by atoms with Gasteiger partial charge >= 0.3 is 0 Å². The van der Waals surface area contributed by atoms with Gasteiger partial charge in [0.15, 0.2) is 0 Å². The Balaban J connectivity index is 2.15. The minimum Gasteiger partial charge on any atom is -0.489 e. The standard InChI is InChI=1S/C14H10Cl2FNO3/c15-7-10-6-11(18(19)20)2-4-14(10)21-8-9-1-3-13(17)12(16)5-9/h1-6H,7-8H2. The molecule has 21 heavy (non-hydrogen) atoms. The van der Waals surface area contributed by atoms with Crippen molar-refractivity contribution in [2.45, 2.75) is 12.5 Å². The van der Waals surface area contributed by atoms with Crippen LogP contribution in [-0.4, -0.2) is 4.92 Å². The van der Waals surface area contributed by atoms with Crippen LogP contribution < -0.4 is 4.74 Å². The largest absolute Gasteiger partial charge is 0.489 e. The fraction of sp³-hybridized carbons (Fsp3) is 0.143. The molecule has 0 saturated carbocycles. The summed E-state index contributed by atoms with van der Waals surface area (Å²) in [7, 11) is 0. The van der Waals surface area contributed by atoms with E-state index < -0.39 is 10.7 Å². The van der Waals surface area contributed by atoms with Crippen LogP contribution in [0, 0.1) is 15.9 Å². The fourth-order valence-electron chi connectivity index (χ4n) is 1.72. The molecule has 0 aliphatic heterocycles. The lowest BCUT2D eigenvalue weighted by Gasteiger charge is -2.10. The van der Waals surface area contributed by atoms with E-state index in [0.717, 1.165) is 0 Å². The zero-order valence-corrected chi connectivity index (χ0v) is 12.2. The summed E-state index contributed by atoms with van der Waals surface area (Å²) in [5.74, 6) is 0.0227. The molecule has 0 fully saturated rings. The molecule has 4 nitrogen and oxygen atoms in total. The molecule has 0 spiro atoms. The minimum absolute atomic E-state index is 0.0115. The van der Waals surface area contributed by atoms with Crippen LogP contribution in [-0.2, 0) is 12.5 Å². The van der Waals surface area contributed by atoms with Crippen molar-refractivity contribution in [3.05, 3.63) is 68.5 Å². The van der Waals surface area contributed by atoms with Gasteiger partial charge in [-0.05, 0) is 23.8 Å². The predicted octanol–water partition coefficient (Wildman–Crippen LogP) is 4.71. The summed E-state index contributed by atoms with van der Waals surface area (Å²) in [6.45, 7) is 0.154. The quantitative estimate of drug-likeness (QED) is 0.453. The van der Waals surface area contributed by atoms with Crippen LogP contribution >= 0.6 is 23.2 Å². The number of rotatable bonds is 5. The van der Waals surface area contributed by atoms with E-state index in [1.807, 2.05) is 0 Å². The SMILES string of the molecule is O=[N+]([O-])c1ccc(OCc2ccc(F)c(Cl)c2)c(CCl)c1. The molecule has 0 N–H and O–H groups in total. The number of nitro benzene ring substituents is 1. The Labute approximate surface area is 130 Å². The maximum absolute atomic E-state index is 13.0. The van der Waals surface area contributed by atoms with E-state index in [2.05, 4.69) is 0 Å². The Kier molecular flexibility index (Phi) is 4.98. The number of halogens is 3. The van der Waals surface area contributed by atoms with Crippen LogP contribution in [0.25, 0.3) is 0 Å². The van der Waals surface area contributed by atoms with Gasteiger partial charge < -0.3 is 4.74 Å². The molecule has 110 valence electrons. The van der Waals surface area contributed by atoms with Crippen molar-refractivity contribution in [3.8, 4) is 5.75 Å². The van der Waals surface area contributed by atoms with Crippen molar-refractivity contribution in [1.82, 2.24) is 0 Å². The third-order valence-electron chi connectivity index (χ3n) is 2.78. The molecule has 2 rings (SSSR count). The first-order valence-corrected chi connectivity index (χ1v) is 6.82. The maximum atomic E-state index is 13.0. The summed E-state index contributed by atoms with van der Waals surface area (Å²) in [6, 6.07) is 8.44. The monoisotopic (exact) mass is 329 g/mol. The van der Waals surface area contributed by atoms with Gasteiger partial charge in [0.2, 0.25) is 0 Å². The topological polar surface area (TPSA) is 52.4 Å². The Hall–Kier alpha value is -1.85. The van der Waals surface area contributed by atoms with E-state index >= 15 is 0 Å². The highest BCUT2D eigenvalue weighted by molar-refractivity contribution is 6.30. The third kappa shape index (κ3) is 3.83. The number of hydrogen-bond donors (Lipinski definition) is 0. The second kappa shape index (κ2) is 6.74. The van der Waals surface area contributed by atoms with Crippen LogP contribution in [0.1, 0.15) is 11.1 Å². The lowest BCUT2D eigenvalue weighted by atomic mass is 10.2. The summed E-state index contributed by atoms with van der Waals surface area (Å²) in [5, 5.41) is 10.7. The molecule has 0 bridgehead atoms. The van der Waals surface area contributed by atoms with Crippen LogP contribution in [0.5, 0.6) is 5.75 Å². The zero-order chi connectivity index (χ0) is 15.4. The van der Waals surface area contributed by atoms with Gasteiger partial charge in [-0.25, -0.2) is 4.39 Å². The van der Waals surface area contributed by atoms with E-state index in [-0.39, 0.29) is 23.2 Å². The second-order valence-electron chi connectivity index (χ2n) is 4.22. The van der Waals surface area contributed by atoms with Crippen LogP contribution in [0.4, 0.5) is 10.1 Å². The molecule has 2 aromatic carbocycles. The number of ether oxygens (including phenoxy) is 1. The van der Waals surface area contributed by atoms with E-state index in [9.17, 15) is 14.5 Å². The lowest BCUT2D eigenvalue weighted by molar-refractivity contribution is -0.384. The van der Waals surface area contributed by atoms with Gasteiger partial charge in [-0.15, -0.1) is 11.6 Å². The Morgan fingerprint density at radius 2 is 2.00 bits per heavy atom. The van der Waals surface area contributed by atoms with Crippen molar-refractivity contribution < 1.29 is 14.1 Å². The van der Waals surface area contributed by atoms with E-state index in [1.165, 1.54) is 30.3 Å². The Bertz CT molecular complexity index is 679. The Morgan fingerprint density at radius 3 is 2.62 bits per heavy atom. The molecule has 0 radical (unpaired) electrons. The van der Waals surface area contributed by atoms with E-state index in [4.69, 9.17) is 27.9 Å². The van der Waals surface area contributed by atoms with Gasteiger partial charge in [-0.1, -0.05) is 17.7 Å². The molecule has 0 aliphatic carbocycles. The van der Waals surface area contributed by atoms with Crippen molar-refractivity contribution in [2.24, 2.45) is 0 Å². The number of nitro groups is 1. The average molecular weight is 330 g/mol. The maximum Gasteiger partial charge on any atom is 0.270 e. The molecule has 0 atom stereocenters. The van der Waals surface area contributed by atoms with Gasteiger partial charge in [0.05, 0.1) is 15.8 Å². The number of nitrogens with zero attached hydrogens (tertiary/aromatic N) is 1. The van der Waals surface area contributed by atoms with Gasteiger partial charge in [0.25, 0.3) is 5.69 Å². The number of non-ortho nitro benzene ring substituents is 1. The summed E-state index contributed by atoms with van der Waals surface area (Å²) in [6.07, 6.45) is 0. The molecule has 0 aliphatic rings. The molecule has 7 heteroatoms. The minimum atomic E-state index is -0.503. The molecule has 0 aromatic heterocycles. The van der Waals surface area contributed by atoms with Gasteiger partial charge in [0.1, 0.15) is 18.2 Å². The summed E-state index contributed by atoms with van der Waals surface area (Å²) in [4.78, 5) is 10.2. The number of alkyl halides is 1. The highest BCUT2D eigenvalue weighted by Crippen LogP contribution is 2.27. The third-order valence-corrected chi connectivity index (χ3v) is 3.35. The van der Waals surface area contributed by atoms with Crippen LogP contribution in [0.2, 0.25) is 5.02 Å². The second-order valence-corrected chi connectivity index (χ2v) is 4.89. The normalized spacial score (nSPS) is 10.4. The molecular weight excluding hydrogens is 320 g/mol. The average Bonchev–Trinajstić information content (AvgIpc) is 2.48. The smallest absolute Gasteiger partial charge is 0.270 e. The molecule has 0 unspecified atom stereocenters. The number of benzene rings is 2. The lowest BCUT2D eigenvalue weighted by Crippen LogP contribution is -1.99. The van der Waals surface area contributed by atoms with Crippen molar-refractivity contribution in [3.63, 3.8) is 0 Å². The van der Waals surface area contributed by atoms with Gasteiger partial charge in [0, 0.05) is 17.7 Å². The van der Waals surface area contributed by atoms with Crippen molar-refractivity contribution >= 4 is 28.9 Å². The van der Waals surface area contributed by atoms with Gasteiger partial charge in [-0.3, -0.25) is 10.1 Å². The predicted molar refractivity (Wildman–Crippen MR) is 78.4 cm³/mol. The fourth-order valence-corrected chi connectivity index (χ4v) is 2.13. The summed E-state index contributed by atoms with van der Waals surface area (Å²) < 4.78 is 18.6. The highest BCUT2D eigenvalue weighted by atomic mass is 35.5. The van der Waals surface area contributed by atoms with Crippen molar-refractivity contribution in [2.75, 3.05) is 0 Å². The summed E-state index contributed by atoms with van der Waals surface area (Å²) in [5.41, 5.74) is 1.14. The van der Waals surface area contributed by atoms with E-state index in [0.29, 0.717) is 16.9 Å². The molecular formula is C14H10Cl2FNO3. The highest BCUT2D eigenvalue weighted by Gasteiger charge is 2.11. The van der Waals surface area contributed by atoms with Gasteiger partial charge in [-0.2, -0.15) is 0 Å². The summed E-state index contributed by atoms with van der Waals surface area (Å²) >= 11 is 11.4. The molecule has 0 amide bonds. The molecule has 0 saturated heterocycles. The van der Waals surface area contributed by atoms with Crippen LogP contribution in [0.15, 0.2) is 36.4 Å². The van der Waals surface area contributed by atoms with E-state index in [1.54, 1.807) is 6.07 Å².